The first-order valence-corrected chi connectivity index (χ1v) is 11.3. The van der Waals surface area contributed by atoms with Crippen molar-refractivity contribution in [2.24, 2.45) is 0 Å². The monoisotopic (exact) mass is 450 g/mol. The first-order valence-electron chi connectivity index (χ1n) is 10.1. The molecule has 2 aromatic rings. The van der Waals surface area contributed by atoms with Crippen molar-refractivity contribution < 1.29 is 19.1 Å². The summed E-state index contributed by atoms with van der Waals surface area (Å²) in [6.07, 6.45) is 4.85. The van der Waals surface area contributed by atoms with Gasteiger partial charge in [0.25, 0.3) is 5.91 Å². The lowest BCUT2D eigenvalue weighted by atomic mass is 9.95. The number of halogens is 1. The smallest absolute Gasteiger partial charge is 0.254 e. The van der Waals surface area contributed by atoms with E-state index in [4.69, 9.17) is 21.1 Å². The maximum absolute atomic E-state index is 12.9. The van der Waals surface area contributed by atoms with Gasteiger partial charge in [-0.3, -0.25) is 9.59 Å². The van der Waals surface area contributed by atoms with Crippen molar-refractivity contribution in [3.05, 3.63) is 44.8 Å². The summed E-state index contributed by atoms with van der Waals surface area (Å²) < 4.78 is 10.2. The van der Waals surface area contributed by atoms with Crippen molar-refractivity contribution in [3.63, 3.8) is 0 Å². The number of hydrogen-bond acceptors (Lipinski definition) is 6. The van der Waals surface area contributed by atoms with Gasteiger partial charge in [-0.05, 0) is 55.9 Å². The SMILES string of the molecule is COCCCNC(=O)c1c(NCC(=O)c2ccc(OC)c(Cl)c2)sc2c1CCCC2. The zero-order chi connectivity index (χ0) is 21.5. The van der Waals surface area contributed by atoms with Gasteiger partial charge >= 0.3 is 0 Å². The number of Topliss-reactive ketones (excluding diaryl/α,β-unsaturated/α-hetero) is 1. The number of benzene rings is 1. The summed E-state index contributed by atoms with van der Waals surface area (Å²) in [5.74, 6) is 0.338. The molecule has 0 unspecified atom stereocenters. The number of anilines is 1. The molecule has 1 aliphatic carbocycles. The highest BCUT2D eigenvalue weighted by molar-refractivity contribution is 7.16. The van der Waals surface area contributed by atoms with Gasteiger partial charge in [0.05, 0.1) is 24.2 Å². The Kier molecular flexibility index (Phi) is 8.13. The van der Waals surface area contributed by atoms with Gasteiger partial charge in [0.1, 0.15) is 10.8 Å². The number of methoxy groups -OCH3 is 2. The second-order valence-electron chi connectivity index (χ2n) is 7.14. The van der Waals surface area contributed by atoms with Crippen molar-refractivity contribution >= 4 is 39.6 Å². The molecule has 3 rings (SSSR count). The molecule has 0 radical (unpaired) electrons. The summed E-state index contributed by atoms with van der Waals surface area (Å²) in [6, 6.07) is 4.98. The fourth-order valence-corrected chi connectivity index (χ4v) is 5.08. The minimum Gasteiger partial charge on any atom is -0.495 e. The van der Waals surface area contributed by atoms with E-state index in [0.29, 0.717) is 35.1 Å². The van der Waals surface area contributed by atoms with Gasteiger partial charge in [-0.25, -0.2) is 0 Å². The van der Waals surface area contributed by atoms with Gasteiger partial charge in [-0.15, -0.1) is 11.3 Å². The molecule has 162 valence electrons. The molecule has 0 saturated heterocycles. The summed E-state index contributed by atoms with van der Waals surface area (Å²) in [6.45, 7) is 1.25. The lowest BCUT2D eigenvalue weighted by Gasteiger charge is -2.13. The van der Waals surface area contributed by atoms with Crippen LogP contribution in [0.3, 0.4) is 0 Å². The Labute approximate surface area is 185 Å². The lowest BCUT2D eigenvalue weighted by Crippen LogP contribution is -2.27. The van der Waals surface area contributed by atoms with Crippen LogP contribution in [0.5, 0.6) is 5.75 Å². The number of aryl methyl sites for hydroxylation is 1. The summed E-state index contributed by atoms with van der Waals surface area (Å²) in [5.41, 5.74) is 2.31. The third kappa shape index (κ3) is 5.33. The average Bonchev–Trinajstić information content (AvgIpc) is 3.13. The Morgan fingerprint density at radius 1 is 1.20 bits per heavy atom. The maximum atomic E-state index is 12.9. The number of carbonyl (C=O) groups is 2. The molecule has 1 aliphatic rings. The summed E-state index contributed by atoms with van der Waals surface area (Å²) in [4.78, 5) is 26.8. The first kappa shape index (κ1) is 22.6. The predicted molar refractivity (Wildman–Crippen MR) is 121 cm³/mol. The van der Waals surface area contributed by atoms with Crippen LogP contribution in [0, 0.1) is 0 Å². The number of ether oxygens (including phenoxy) is 2. The maximum Gasteiger partial charge on any atom is 0.254 e. The molecule has 0 spiro atoms. The van der Waals surface area contributed by atoms with Crippen molar-refractivity contribution in [2.75, 3.05) is 39.2 Å². The third-order valence-electron chi connectivity index (χ3n) is 5.09. The Morgan fingerprint density at radius 3 is 2.73 bits per heavy atom. The van der Waals surface area contributed by atoms with Crippen LogP contribution in [-0.2, 0) is 17.6 Å². The number of thiophene rings is 1. The van der Waals surface area contributed by atoms with Gasteiger partial charge in [0, 0.05) is 30.7 Å². The van der Waals surface area contributed by atoms with Crippen LogP contribution in [0.15, 0.2) is 18.2 Å². The number of carbonyl (C=O) groups excluding carboxylic acids is 2. The van der Waals surface area contributed by atoms with Gasteiger partial charge in [-0.1, -0.05) is 11.6 Å². The first-order chi connectivity index (χ1) is 14.5. The van der Waals surface area contributed by atoms with Crippen LogP contribution >= 0.6 is 22.9 Å². The van der Waals surface area contributed by atoms with Crippen LogP contribution in [0.2, 0.25) is 5.02 Å². The standard InChI is InChI=1S/C22H27ClN2O4S/c1-28-11-5-10-24-21(27)20-15-6-3-4-7-19(15)30-22(20)25-13-17(26)14-8-9-18(29-2)16(23)12-14/h8-9,12,25H,3-7,10-11,13H2,1-2H3,(H,24,27). The van der Waals surface area contributed by atoms with E-state index in [1.807, 2.05) is 0 Å². The number of amides is 1. The molecule has 1 amide bonds. The highest BCUT2D eigenvalue weighted by Gasteiger charge is 2.25. The molecule has 2 N–H and O–H groups in total. The molecule has 1 aromatic heterocycles. The lowest BCUT2D eigenvalue weighted by molar-refractivity contribution is 0.0946. The van der Waals surface area contributed by atoms with E-state index < -0.39 is 0 Å². The molecule has 1 aromatic carbocycles. The van der Waals surface area contributed by atoms with Crippen molar-refractivity contribution in [3.8, 4) is 5.75 Å². The van der Waals surface area contributed by atoms with Gasteiger partial charge < -0.3 is 20.1 Å². The summed E-state index contributed by atoms with van der Waals surface area (Å²) in [7, 11) is 3.18. The second-order valence-corrected chi connectivity index (χ2v) is 8.66. The normalized spacial score (nSPS) is 12.9. The predicted octanol–water partition coefficient (Wildman–Crippen LogP) is 4.35. The Balaban J connectivity index is 1.73. The number of hydrogen-bond donors (Lipinski definition) is 2. The Hall–Kier alpha value is -2.09. The van der Waals surface area contributed by atoms with Crippen LogP contribution in [-0.4, -0.2) is 45.6 Å². The largest absolute Gasteiger partial charge is 0.495 e. The minimum absolute atomic E-state index is 0.0893. The highest BCUT2D eigenvalue weighted by Crippen LogP contribution is 2.38. The van der Waals surface area contributed by atoms with Gasteiger partial charge in [-0.2, -0.15) is 0 Å². The van der Waals surface area contributed by atoms with E-state index in [0.717, 1.165) is 42.7 Å². The van der Waals surface area contributed by atoms with Crippen molar-refractivity contribution in [1.82, 2.24) is 5.32 Å². The Morgan fingerprint density at radius 2 is 2.00 bits per heavy atom. The number of fused-ring (bicyclic) bond motifs is 1. The van der Waals surface area contributed by atoms with E-state index in [-0.39, 0.29) is 18.2 Å². The van der Waals surface area contributed by atoms with E-state index >= 15 is 0 Å². The molecule has 0 atom stereocenters. The van der Waals surface area contributed by atoms with E-state index in [1.165, 1.54) is 12.0 Å². The van der Waals surface area contributed by atoms with Crippen molar-refractivity contribution in [1.29, 1.82) is 0 Å². The molecule has 0 aliphatic heterocycles. The van der Waals surface area contributed by atoms with Gasteiger partial charge in [0.15, 0.2) is 5.78 Å². The van der Waals surface area contributed by atoms with E-state index in [2.05, 4.69) is 10.6 Å². The van der Waals surface area contributed by atoms with Crippen LogP contribution in [0.25, 0.3) is 0 Å². The summed E-state index contributed by atoms with van der Waals surface area (Å²) in [5, 5.41) is 7.35. The molecule has 30 heavy (non-hydrogen) atoms. The quantitative estimate of drug-likeness (QED) is 0.415. The molecule has 0 fully saturated rings. The fraction of sp³-hybridized carbons (Fsp3) is 0.455. The zero-order valence-corrected chi connectivity index (χ0v) is 18.9. The van der Waals surface area contributed by atoms with Crippen LogP contribution in [0.1, 0.15) is 50.4 Å². The number of ketones is 1. The zero-order valence-electron chi connectivity index (χ0n) is 17.3. The molecule has 6 nitrogen and oxygen atoms in total. The summed E-state index contributed by atoms with van der Waals surface area (Å²) >= 11 is 7.73. The molecular weight excluding hydrogens is 424 g/mol. The number of rotatable bonds is 10. The molecule has 8 heteroatoms. The van der Waals surface area contributed by atoms with Crippen molar-refractivity contribution in [2.45, 2.75) is 32.1 Å². The number of nitrogens with one attached hydrogen (secondary N) is 2. The molecule has 1 heterocycles. The average molecular weight is 451 g/mol. The fourth-order valence-electron chi connectivity index (χ4n) is 3.54. The highest BCUT2D eigenvalue weighted by atomic mass is 35.5. The van der Waals surface area contributed by atoms with Gasteiger partial charge in [0.2, 0.25) is 0 Å². The Bertz CT molecular complexity index is 913. The molecular formula is C22H27ClN2O4S. The minimum atomic E-state index is -0.0997. The third-order valence-corrected chi connectivity index (χ3v) is 6.64. The molecule has 0 saturated carbocycles. The molecule has 0 bridgehead atoms. The van der Waals surface area contributed by atoms with E-state index in [1.54, 1.807) is 36.6 Å². The topological polar surface area (TPSA) is 76.7 Å². The second kappa shape index (κ2) is 10.8. The van der Waals surface area contributed by atoms with E-state index in [9.17, 15) is 9.59 Å². The van der Waals surface area contributed by atoms with Crippen LogP contribution < -0.4 is 15.4 Å². The van der Waals surface area contributed by atoms with Crippen LogP contribution in [0.4, 0.5) is 5.00 Å².